The molecule has 1 saturated heterocycles. The summed E-state index contributed by atoms with van der Waals surface area (Å²) in [5.41, 5.74) is 5.59. The number of carbonyl (C=O) groups is 1. The summed E-state index contributed by atoms with van der Waals surface area (Å²) in [6.07, 6.45) is 2.71. The van der Waals surface area contributed by atoms with Gasteiger partial charge in [-0.05, 0) is 52.5 Å². The lowest BCUT2D eigenvalue weighted by Crippen LogP contribution is -2.42. The molecule has 2 aromatic rings. The van der Waals surface area contributed by atoms with Gasteiger partial charge in [0, 0.05) is 44.9 Å². The number of nitrogens with two attached hydrogens (primary N) is 1. The maximum absolute atomic E-state index is 14.7. The number of nitrogens with zero attached hydrogens (tertiary/aromatic N) is 5. The van der Waals surface area contributed by atoms with Crippen molar-refractivity contribution in [2.75, 3.05) is 42.9 Å². The van der Waals surface area contributed by atoms with E-state index in [0.717, 1.165) is 31.5 Å². The quantitative estimate of drug-likeness (QED) is 0.388. The first kappa shape index (κ1) is 27.1. The molecule has 0 radical (unpaired) electrons. The molecule has 0 saturated carbocycles. The van der Waals surface area contributed by atoms with Gasteiger partial charge in [-0.25, -0.2) is 23.5 Å². The van der Waals surface area contributed by atoms with Crippen LogP contribution in [0.3, 0.4) is 0 Å². The van der Waals surface area contributed by atoms with Crippen molar-refractivity contribution in [2.45, 2.75) is 46.6 Å². The zero-order chi connectivity index (χ0) is 26.2. The average Bonchev–Trinajstić information content (AvgIpc) is 2.84. The Morgan fingerprint density at radius 3 is 2.58 bits per heavy atom. The summed E-state index contributed by atoms with van der Waals surface area (Å²) in [5.74, 6) is -0.00298. The molecule has 2 heterocycles. The SMILES string of the molecule is CCN=C(N)c1cc(F)c(Nc2cc(N(CC)CC3CCN(C(=O)OC(C)C)CC3)ncn2)cc1F. The monoisotopic (exact) mass is 503 g/mol. The number of likely N-dealkylation sites (tertiary alicyclic amines) is 1. The van der Waals surface area contributed by atoms with Crippen molar-refractivity contribution in [3.63, 3.8) is 0 Å². The largest absolute Gasteiger partial charge is 0.447 e. The lowest BCUT2D eigenvalue weighted by Gasteiger charge is -2.34. The molecule has 0 unspecified atom stereocenters. The Morgan fingerprint density at radius 2 is 1.94 bits per heavy atom. The van der Waals surface area contributed by atoms with Crippen molar-refractivity contribution in [1.82, 2.24) is 14.9 Å². The molecule has 1 aromatic heterocycles. The van der Waals surface area contributed by atoms with Gasteiger partial charge in [0.1, 0.15) is 35.4 Å². The number of piperidine rings is 1. The van der Waals surface area contributed by atoms with Gasteiger partial charge >= 0.3 is 6.09 Å². The van der Waals surface area contributed by atoms with Gasteiger partial charge in [0.15, 0.2) is 0 Å². The minimum absolute atomic E-state index is 0.0500. The van der Waals surface area contributed by atoms with Crippen LogP contribution in [0.4, 0.5) is 30.9 Å². The molecule has 11 heteroatoms. The fourth-order valence-electron chi connectivity index (χ4n) is 4.09. The fourth-order valence-corrected chi connectivity index (χ4v) is 4.09. The lowest BCUT2D eigenvalue weighted by atomic mass is 9.96. The highest BCUT2D eigenvalue weighted by atomic mass is 19.1. The first-order valence-electron chi connectivity index (χ1n) is 12.3. The van der Waals surface area contributed by atoms with Gasteiger partial charge in [-0.1, -0.05) is 0 Å². The maximum Gasteiger partial charge on any atom is 0.410 e. The smallest absolute Gasteiger partial charge is 0.410 e. The zero-order valence-electron chi connectivity index (χ0n) is 21.3. The van der Waals surface area contributed by atoms with E-state index < -0.39 is 11.6 Å². The zero-order valence-corrected chi connectivity index (χ0v) is 21.3. The second-order valence-electron chi connectivity index (χ2n) is 8.96. The highest BCUT2D eigenvalue weighted by Crippen LogP contribution is 2.26. The summed E-state index contributed by atoms with van der Waals surface area (Å²) < 4.78 is 34.5. The van der Waals surface area contributed by atoms with Crippen molar-refractivity contribution in [2.24, 2.45) is 16.6 Å². The second-order valence-corrected chi connectivity index (χ2v) is 8.96. The first-order chi connectivity index (χ1) is 17.2. The summed E-state index contributed by atoms with van der Waals surface area (Å²) in [6.45, 7) is 10.6. The van der Waals surface area contributed by atoms with E-state index in [4.69, 9.17) is 10.5 Å². The third-order valence-corrected chi connectivity index (χ3v) is 5.97. The summed E-state index contributed by atoms with van der Waals surface area (Å²) in [7, 11) is 0. The van der Waals surface area contributed by atoms with Crippen LogP contribution in [0.2, 0.25) is 0 Å². The molecule has 196 valence electrons. The van der Waals surface area contributed by atoms with Crippen molar-refractivity contribution >= 4 is 29.3 Å². The normalized spacial score (nSPS) is 14.8. The van der Waals surface area contributed by atoms with Crippen molar-refractivity contribution in [1.29, 1.82) is 0 Å². The molecule has 0 bridgehead atoms. The number of aliphatic imine (C=N–C) groups is 1. The predicted octanol–water partition coefficient (Wildman–Crippen LogP) is 4.31. The summed E-state index contributed by atoms with van der Waals surface area (Å²) in [6, 6.07) is 3.77. The number of anilines is 3. The number of carbonyl (C=O) groups excluding carboxylic acids is 1. The number of hydrogen-bond acceptors (Lipinski definition) is 7. The maximum atomic E-state index is 14.7. The van der Waals surface area contributed by atoms with Gasteiger partial charge in [-0.2, -0.15) is 0 Å². The van der Waals surface area contributed by atoms with Gasteiger partial charge in [0.05, 0.1) is 17.4 Å². The molecule has 1 aromatic carbocycles. The van der Waals surface area contributed by atoms with Crippen LogP contribution < -0.4 is 16.0 Å². The van der Waals surface area contributed by atoms with E-state index in [2.05, 4.69) is 25.2 Å². The van der Waals surface area contributed by atoms with E-state index in [9.17, 15) is 13.6 Å². The van der Waals surface area contributed by atoms with Crippen LogP contribution >= 0.6 is 0 Å². The number of amides is 1. The Bertz CT molecular complexity index is 1070. The third-order valence-electron chi connectivity index (χ3n) is 5.97. The van der Waals surface area contributed by atoms with Gasteiger partial charge in [-0.15, -0.1) is 0 Å². The fraction of sp³-hybridized carbons (Fsp3) is 0.520. The summed E-state index contributed by atoms with van der Waals surface area (Å²) >= 11 is 0. The van der Waals surface area contributed by atoms with E-state index in [1.807, 2.05) is 20.8 Å². The number of hydrogen-bond donors (Lipinski definition) is 2. The molecule has 1 aliphatic rings. The lowest BCUT2D eigenvalue weighted by molar-refractivity contribution is 0.0658. The second kappa shape index (κ2) is 12.5. The van der Waals surface area contributed by atoms with Gasteiger partial charge in [-0.3, -0.25) is 4.99 Å². The number of aromatic nitrogens is 2. The van der Waals surface area contributed by atoms with Crippen LogP contribution in [-0.2, 0) is 4.74 Å². The molecule has 1 amide bonds. The number of halogens is 2. The Labute approximate surface area is 210 Å². The highest BCUT2D eigenvalue weighted by molar-refractivity contribution is 5.98. The highest BCUT2D eigenvalue weighted by Gasteiger charge is 2.26. The molecule has 36 heavy (non-hydrogen) atoms. The van der Waals surface area contributed by atoms with E-state index in [1.165, 1.54) is 6.33 Å². The number of nitrogens with one attached hydrogen (secondary N) is 1. The number of rotatable bonds is 9. The summed E-state index contributed by atoms with van der Waals surface area (Å²) in [4.78, 5) is 28.5. The molecular weight excluding hydrogens is 468 g/mol. The van der Waals surface area contributed by atoms with Crippen LogP contribution in [0, 0.1) is 17.6 Å². The standard InChI is InChI=1S/C25H35F2N7O2/c1-5-29-24(28)18-11-20(27)21(12-19(18)26)32-22-13-23(31-15-30-22)33(6-2)14-17-7-9-34(10-8-17)25(35)36-16(3)4/h11-13,15-17H,5-10,14H2,1-4H3,(H2,28,29)(H,30,31,32). The number of benzene rings is 1. The molecule has 0 spiro atoms. The van der Waals surface area contributed by atoms with Gasteiger partial charge < -0.3 is 25.6 Å². The Hall–Kier alpha value is -3.50. The molecule has 3 N–H and O–H groups in total. The van der Waals surface area contributed by atoms with Crippen LogP contribution in [0.5, 0.6) is 0 Å². The molecule has 1 aliphatic heterocycles. The van der Waals surface area contributed by atoms with E-state index >= 15 is 0 Å². The molecule has 0 aliphatic carbocycles. The minimum atomic E-state index is -0.679. The minimum Gasteiger partial charge on any atom is -0.447 e. The Kier molecular flexibility index (Phi) is 9.38. The van der Waals surface area contributed by atoms with Crippen LogP contribution in [0.15, 0.2) is 29.5 Å². The van der Waals surface area contributed by atoms with Crippen LogP contribution in [0.1, 0.15) is 46.1 Å². The average molecular weight is 504 g/mol. The van der Waals surface area contributed by atoms with Gasteiger partial charge in [0.25, 0.3) is 0 Å². The topological polar surface area (TPSA) is 109 Å². The van der Waals surface area contributed by atoms with Gasteiger partial charge in [0.2, 0.25) is 0 Å². The molecule has 9 nitrogen and oxygen atoms in total. The van der Waals surface area contributed by atoms with E-state index in [1.54, 1.807) is 17.9 Å². The molecular formula is C25H35F2N7O2. The Morgan fingerprint density at radius 1 is 1.22 bits per heavy atom. The molecule has 1 fully saturated rings. The summed E-state index contributed by atoms with van der Waals surface area (Å²) in [5, 5.41) is 2.84. The van der Waals surface area contributed by atoms with Crippen molar-refractivity contribution in [3.05, 3.63) is 41.7 Å². The van der Waals surface area contributed by atoms with Crippen molar-refractivity contribution in [3.8, 4) is 0 Å². The predicted molar refractivity (Wildman–Crippen MR) is 137 cm³/mol. The third kappa shape index (κ3) is 7.02. The number of amidine groups is 1. The molecule has 3 rings (SSSR count). The first-order valence-corrected chi connectivity index (χ1v) is 12.3. The van der Waals surface area contributed by atoms with E-state index in [0.29, 0.717) is 43.7 Å². The van der Waals surface area contributed by atoms with Crippen LogP contribution in [0.25, 0.3) is 0 Å². The van der Waals surface area contributed by atoms with Crippen LogP contribution in [-0.4, -0.2) is 65.6 Å². The van der Waals surface area contributed by atoms with E-state index in [-0.39, 0.29) is 29.3 Å². The number of ether oxygens (including phenoxy) is 1. The van der Waals surface area contributed by atoms with Crippen molar-refractivity contribution < 1.29 is 18.3 Å². The molecule has 0 atom stereocenters. The Balaban J connectivity index is 1.66.